The van der Waals surface area contributed by atoms with E-state index in [1.165, 1.54) is 7.11 Å². The number of aliphatic hydroxyl groups is 1. The van der Waals surface area contributed by atoms with E-state index in [2.05, 4.69) is 6.92 Å². The molecule has 0 radical (unpaired) electrons. The molecule has 1 fully saturated rings. The number of carbonyl (C=O) groups is 2. The summed E-state index contributed by atoms with van der Waals surface area (Å²) < 4.78 is 11.1. The molecule has 1 aliphatic rings. The van der Waals surface area contributed by atoms with Crippen molar-refractivity contribution in [2.75, 3.05) is 12.0 Å². The third-order valence-corrected chi connectivity index (χ3v) is 7.00. The minimum atomic E-state index is -0.504. The predicted octanol–water partition coefficient (Wildman–Crippen LogP) is 5.74. The van der Waals surface area contributed by atoms with Crippen LogP contribution >= 0.6 is 0 Å². The van der Waals surface area contributed by atoms with E-state index >= 15 is 0 Å². The Morgan fingerprint density at radius 2 is 1.73 bits per heavy atom. The lowest BCUT2D eigenvalue weighted by atomic mass is 9.82. The van der Waals surface area contributed by atoms with Gasteiger partial charge in [0.25, 0.3) is 0 Å². The van der Waals surface area contributed by atoms with Crippen LogP contribution in [-0.4, -0.2) is 30.1 Å². The first-order chi connectivity index (χ1) is 15.7. The van der Waals surface area contributed by atoms with E-state index in [0.29, 0.717) is 28.3 Å². The highest BCUT2D eigenvalue weighted by Gasteiger charge is 2.33. The average Bonchev–Trinajstić information content (AvgIpc) is 3.13. The van der Waals surface area contributed by atoms with E-state index in [0.717, 1.165) is 47.6 Å². The molecule has 0 atom stereocenters. The molecule has 1 amide bonds. The van der Waals surface area contributed by atoms with Crippen molar-refractivity contribution in [2.24, 2.45) is 11.8 Å². The molecule has 6 heteroatoms. The third-order valence-electron chi connectivity index (χ3n) is 7.00. The predicted molar refractivity (Wildman–Crippen MR) is 129 cm³/mol. The number of rotatable bonds is 5. The lowest BCUT2D eigenvalue weighted by Gasteiger charge is -2.34. The minimum Gasteiger partial charge on any atom is -0.465 e. The molecular formula is C27H33NO5. The van der Waals surface area contributed by atoms with E-state index in [4.69, 9.17) is 9.15 Å². The number of carbonyl (C=O) groups excluding carboxylic acids is 2. The lowest BCUT2D eigenvalue weighted by Crippen LogP contribution is -2.43. The van der Waals surface area contributed by atoms with Crippen LogP contribution in [0.5, 0.6) is 0 Å². The van der Waals surface area contributed by atoms with Gasteiger partial charge in [0.1, 0.15) is 11.2 Å². The Bertz CT molecular complexity index is 1200. The largest absolute Gasteiger partial charge is 0.465 e. The highest BCUT2D eigenvalue weighted by atomic mass is 16.5. The monoisotopic (exact) mass is 451 g/mol. The third kappa shape index (κ3) is 4.24. The maximum atomic E-state index is 13.7. The van der Waals surface area contributed by atoms with E-state index in [-0.39, 0.29) is 24.5 Å². The molecule has 0 aliphatic heterocycles. The first-order valence-corrected chi connectivity index (χ1v) is 11.8. The number of hydrogen-bond acceptors (Lipinski definition) is 5. The van der Waals surface area contributed by atoms with Crippen LogP contribution in [0.15, 0.2) is 28.7 Å². The number of furan rings is 1. The summed E-state index contributed by atoms with van der Waals surface area (Å²) in [7, 11) is 1.34. The van der Waals surface area contributed by atoms with Crippen LogP contribution in [0.1, 0.15) is 67.9 Å². The van der Waals surface area contributed by atoms with Gasteiger partial charge in [0.2, 0.25) is 5.91 Å². The lowest BCUT2D eigenvalue weighted by molar-refractivity contribution is -0.123. The number of amides is 1. The number of ether oxygens (including phenoxy) is 1. The molecule has 0 saturated heterocycles. The molecule has 0 unspecified atom stereocenters. The fourth-order valence-corrected chi connectivity index (χ4v) is 5.00. The fourth-order valence-electron chi connectivity index (χ4n) is 5.00. The molecule has 1 N–H and O–H groups in total. The first-order valence-electron chi connectivity index (χ1n) is 11.8. The van der Waals surface area contributed by atoms with Gasteiger partial charge in [-0.1, -0.05) is 6.92 Å². The molecule has 1 saturated carbocycles. The van der Waals surface area contributed by atoms with Crippen molar-refractivity contribution in [3.63, 3.8) is 0 Å². The van der Waals surface area contributed by atoms with Crippen LogP contribution < -0.4 is 4.90 Å². The van der Waals surface area contributed by atoms with Crippen molar-refractivity contribution in [1.82, 2.24) is 0 Å². The second-order valence-corrected chi connectivity index (χ2v) is 9.65. The SMILES string of the molecule is COC(=O)c1cc2oc3cc(C)c(CO)cc3c2cc1N(C(=O)[C@H]1CC[C@H](C)CC1)C(C)C. The number of nitrogens with zero attached hydrogens (tertiary/aromatic N) is 1. The van der Waals surface area contributed by atoms with E-state index in [9.17, 15) is 14.7 Å². The Morgan fingerprint density at radius 1 is 1.09 bits per heavy atom. The Balaban J connectivity index is 1.91. The van der Waals surface area contributed by atoms with Crippen molar-refractivity contribution in [2.45, 2.75) is 66.0 Å². The molecule has 1 aromatic heterocycles. The van der Waals surface area contributed by atoms with Crippen LogP contribution in [0.25, 0.3) is 21.9 Å². The summed E-state index contributed by atoms with van der Waals surface area (Å²) in [5.74, 6) is 0.149. The Hall–Kier alpha value is -2.86. The topological polar surface area (TPSA) is 80.0 Å². The van der Waals surface area contributed by atoms with Gasteiger partial charge in [0.05, 0.1) is 25.0 Å². The van der Waals surface area contributed by atoms with Gasteiger partial charge in [0.15, 0.2) is 0 Å². The number of aryl methyl sites for hydroxylation is 1. The summed E-state index contributed by atoms with van der Waals surface area (Å²) >= 11 is 0. The van der Waals surface area contributed by atoms with Crippen molar-refractivity contribution in [3.05, 3.63) is 41.0 Å². The summed E-state index contributed by atoms with van der Waals surface area (Å²) in [6.45, 7) is 8.02. The van der Waals surface area contributed by atoms with Gasteiger partial charge < -0.3 is 19.2 Å². The molecule has 0 bridgehead atoms. The molecular weight excluding hydrogens is 418 g/mol. The van der Waals surface area contributed by atoms with Crippen LogP contribution in [0.2, 0.25) is 0 Å². The molecule has 4 rings (SSSR count). The normalized spacial score (nSPS) is 18.8. The Kier molecular flexibility index (Phi) is 6.48. The number of esters is 1. The summed E-state index contributed by atoms with van der Waals surface area (Å²) in [5, 5.41) is 11.4. The van der Waals surface area contributed by atoms with Crippen molar-refractivity contribution >= 4 is 39.5 Å². The highest BCUT2D eigenvalue weighted by molar-refractivity contribution is 6.12. The van der Waals surface area contributed by atoms with Crippen molar-refractivity contribution < 1.29 is 23.8 Å². The van der Waals surface area contributed by atoms with Crippen LogP contribution in [0, 0.1) is 18.8 Å². The number of hydrogen-bond donors (Lipinski definition) is 1. The zero-order valence-corrected chi connectivity index (χ0v) is 20.1. The molecule has 1 heterocycles. The summed E-state index contributed by atoms with van der Waals surface area (Å²) in [6.07, 6.45) is 3.82. The number of fused-ring (bicyclic) bond motifs is 3. The van der Waals surface area contributed by atoms with Gasteiger partial charge in [-0.2, -0.15) is 0 Å². The Morgan fingerprint density at radius 3 is 2.33 bits per heavy atom. The fraction of sp³-hybridized carbons (Fsp3) is 0.481. The van der Waals surface area contributed by atoms with E-state index < -0.39 is 5.97 Å². The average molecular weight is 452 g/mol. The van der Waals surface area contributed by atoms with Gasteiger partial charge in [-0.3, -0.25) is 4.79 Å². The van der Waals surface area contributed by atoms with Crippen LogP contribution in [0.3, 0.4) is 0 Å². The minimum absolute atomic E-state index is 0.0467. The molecule has 1 aliphatic carbocycles. The Labute approximate surface area is 194 Å². The zero-order valence-electron chi connectivity index (χ0n) is 20.1. The summed E-state index contributed by atoms with van der Waals surface area (Å²) in [4.78, 5) is 28.2. The quantitative estimate of drug-likeness (QED) is 0.500. The van der Waals surface area contributed by atoms with Gasteiger partial charge in [0, 0.05) is 22.7 Å². The number of aliphatic hydroxyl groups excluding tert-OH is 1. The number of benzene rings is 2. The summed E-state index contributed by atoms with van der Waals surface area (Å²) in [5.41, 5.74) is 3.83. The number of anilines is 1. The maximum absolute atomic E-state index is 13.7. The smallest absolute Gasteiger partial charge is 0.340 e. The molecule has 3 aromatic rings. The number of methoxy groups -OCH3 is 1. The van der Waals surface area contributed by atoms with Gasteiger partial charge >= 0.3 is 5.97 Å². The maximum Gasteiger partial charge on any atom is 0.340 e. The van der Waals surface area contributed by atoms with Crippen molar-refractivity contribution in [3.8, 4) is 0 Å². The molecule has 0 spiro atoms. The molecule has 6 nitrogen and oxygen atoms in total. The first kappa shape index (κ1) is 23.3. The zero-order chi connectivity index (χ0) is 23.9. The van der Waals surface area contributed by atoms with E-state index in [1.54, 1.807) is 11.0 Å². The summed E-state index contributed by atoms with van der Waals surface area (Å²) in [6, 6.07) is 7.23. The van der Waals surface area contributed by atoms with E-state index in [1.807, 2.05) is 39.0 Å². The van der Waals surface area contributed by atoms with Crippen molar-refractivity contribution in [1.29, 1.82) is 0 Å². The second kappa shape index (κ2) is 9.18. The molecule has 176 valence electrons. The van der Waals surface area contributed by atoms with Gasteiger partial charge in [-0.15, -0.1) is 0 Å². The van der Waals surface area contributed by atoms with Gasteiger partial charge in [-0.25, -0.2) is 4.79 Å². The van der Waals surface area contributed by atoms with Gasteiger partial charge in [-0.05, 0) is 87.8 Å². The molecule has 33 heavy (non-hydrogen) atoms. The standard InChI is InChI=1S/C27H33NO5/c1-15(2)28(26(30)18-8-6-16(3)7-9-18)23-12-21-20-11-19(14-29)17(4)10-24(20)33-25(21)13-22(23)27(31)32-5/h10-13,15-16,18,29H,6-9,14H2,1-5H3/t16-,18-. The van der Waals surface area contributed by atoms with Crippen LogP contribution in [0.4, 0.5) is 5.69 Å². The second-order valence-electron chi connectivity index (χ2n) is 9.65. The molecule has 2 aromatic carbocycles. The highest BCUT2D eigenvalue weighted by Crippen LogP contribution is 2.38. The van der Waals surface area contributed by atoms with Crippen LogP contribution in [-0.2, 0) is 16.1 Å².